The molecule has 0 aliphatic rings. The van der Waals surface area contributed by atoms with Crippen LogP contribution in [0.1, 0.15) is 57.9 Å². The fourth-order valence-electron chi connectivity index (χ4n) is 3.10. The van der Waals surface area contributed by atoms with E-state index in [0.29, 0.717) is 6.04 Å². The molecule has 0 amide bonds. The third kappa shape index (κ3) is 6.09. The first kappa shape index (κ1) is 17.6. The molecule has 0 radical (unpaired) electrons. The van der Waals surface area contributed by atoms with Gasteiger partial charge in [0.25, 0.3) is 0 Å². The van der Waals surface area contributed by atoms with Crippen LogP contribution in [-0.2, 0) is 6.54 Å². The maximum Gasteiger partial charge on any atom is 0.0432 e. The summed E-state index contributed by atoms with van der Waals surface area (Å²) in [4.78, 5) is 2.55. The second-order valence-corrected chi connectivity index (χ2v) is 6.50. The quantitative estimate of drug-likeness (QED) is 0.456. The Hall–Kier alpha value is -1.76. The molecule has 0 aliphatic carbocycles. The maximum atomic E-state index is 2.55. The Labute approximate surface area is 142 Å². The van der Waals surface area contributed by atoms with Crippen LogP contribution >= 0.6 is 0 Å². The van der Waals surface area contributed by atoms with Crippen molar-refractivity contribution in [2.75, 3.05) is 4.90 Å². The van der Waals surface area contributed by atoms with Gasteiger partial charge in [0, 0.05) is 18.3 Å². The molecule has 0 saturated heterocycles. The summed E-state index contributed by atoms with van der Waals surface area (Å²) in [6.45, 7) is 5.64. The van der Waals surface area contributed by atoms with Crippen LogP contribution in [0.25, 0.3) is 0 Å². The van der Waals surface area contributed by atoms with Crippen LogP contribution in [0.2, 0.25) is 0 Å². The molecule has 0 aliphatic heterocycles. The van der Waals surface area contributed by atoms with Gasteiger partial charge in [-0.05, 0) is 31.0 Å². The van der Waals surface area contributed by atoms with E-state index in [1.807, 2.05) is 0 Å². The molecule has 23 heavy (non-hydrogen) atoms. The Morgan fingerprint density at radius 2 is 1.39 bits per heavy atom. The number of benzene rings is 2. The molecular weight excluding hydrogens is 278 g/mol. The lowest BCUT2D eigenvalue weighted by Gasteiger charge is -2.32. The number of unbranched alkanes of at least 4 members (excludes halogenated alkanes) is 4. The summed E-state index contributed by atoms with van der Waals surface area (Å²) >= 11 is 0. The van der Waals surface area contributed by atoms with E-state index in [2.05, 4.69) is 79.4 Å². The zero-order valence-electron chi connectivity index (χ0n) is 14.7. The van der Waals surface area contributed by atoms with Crippen LogP contribution < -0.4 is 4.90 Å². The first-order chi connectivity index (χ1) is 11.3. The van der Waals surface area contributed by atoms with Gasteiger partial charge < -0.3 is 4.90 Å². The first-order valence-electron chi connectivity index (χ1n) is 9.17. The van der Waals surface area contributed by atoms with Crippen LogP contribution in [0.3, 0.4) is 0 Å². The Bertz CT molecular complexity index is 520. The average molecular weight is 309 g/mol. The largest absolute Gasteiger partial charge is 0.364 e. The van der Waals surface area contributed by atoms with E-state index in [-0.39, 0.29) is 0 Å². The summed E-state index contributed by atoms with van der Waals surface area (Å²) < 4.78 is 0. The highest BCUT2D eigenvalue weighted by Crippen LogP contribution is 2.22. The first-order valence-corrected chi connectivity index (χ1v) is 9.17. The molecule has 2 aromatic rings. The normalized spacial score (nSPS) is 12.1. The van der Waals surface area contributed by atoms with Crippen molar-refractivity contribution in [3.05, 3.63) is 66.2 Å². The van der Waals surface area contributed by atoms with Crippen LogP contribution in [0.5, 0.6) is 0 Å². The van der Waals surface area contributed by atoms with E-state index in [4.69, 9.17) is 0 Å². The Morgan fingerprint density at radius 3 is 2.04 bits per heavy atom. The highest BCUT2D eigenvalue weighted by molar-refractivity contribution is 5.47. The lowest BCUT2D eigenvalue weighted by molar-refractivity contribution is 0.529. The fourth-order valence-corrected chi connectivity index (χ4v) is 3.10. The van der Waals surface area contributed by atoms with Crippen LogP contribution in [0, 0.1) is 0 Å². The Kier molecular flexibility index (Phi) is 7.72. The van der Waals surface area contributed by atoms with Gasteiger partial charge in [0.15, 0.2) is 0 Å². The molecule has 2 aromatic carbocycles. The van der Waals surface area contributed by atoms with E-state index >= 15 is 0 Å². The molecule has 1 unspecified atom stereocenters. The van der Waals surface area contributed by atoms with Gasteiger partial charge >= 0.3 is 0 Å². The number of nitrogens with zero attached hydrogens (tertiary/aromatic N) is 1. The van der Waals surface area contributed by atoms with E-state index in [1.165, 1.54) is 49.8 Å². The van der Waals surface area contributed by atoms with E-state index < -0.39 is 0 Å². The van der Waals surface area contributed by atoms with E-state index in [1.54, 1.807) is 0 Å². The van der Waals surface area contributed by atoms with Crippen molar-refractivity contribution in [2.24, 2.45) is 0 Å². The molecule has 124 valence electrons. The highest BCUT2D eigenvalue weighted by atomic mass is 15.2. The van der Waals surface area contributed by atoms with Crippen LogP contribution in [-0.4, -0.2) is 6.04 Å². The van der Waals surface area contributed by atoms with E-state index in [9.17, 15) is 0 Å². The lowest BCUT2D eigenvalue weighted by atomic mass is 10.0. The molecule has 1 nitrogen and oxygen atoms in total. The van der Waals surface area contributed by atoms with Crippen molar-refractivity contribution < 1.29 is 0 Å². The van der Waals surface area contributed by atoms with Gasteiger partial charge in [-0.3, -0.25) is 0 Å². The molecule has 0 heterocycles. The molecule has 1 heteroatoms. The van der Waals surface area contributed by atoms with Gasteiger partial charge in [-0.15, -0.1) is 0 Å². The SMILES string of the molecule is CCCCCCCC(C)N(Cc1ccccc1)c1ccccc1. The van der Waals surface area contributed by atoms with Gasteiger partial charge in [-0.2, -0.15) is 0 Å². The topological polar surface area (TPSA) is 3.24 Å². The number of anilines is 1. The Balaban J connectivity index is 1.98. The molecule has 0 aromatic heterocycles. The predicted octanol–water partition coefficient (Wildman–Crippen LogP) is 6.44. The third-order valence-corrected chi connectivity index (χ3v) is 4.54. The summed E-state index contributed by atoms with van der Waals surface area (Å²) in [7, 11) is 0. The molecule has 2 rings (SSSR count). The van der Waals surface area contributed by atoms with Gasteiger partial charge in [0.05, 0.1) is 0 Å². The predicted molar refractivity (Wildman–Crippen MR) is 102 cm³/mol. The molecule has 0 spiro atoms. The standard InChI is InChI=1S/C22H31N/c1-3-4-5-6-9-14-20(2)23(22-17-12-8-13-18-22)19-21-15-10-7-11-16-21/h7-8,10-13,15-18,20H,3-6,9,14,19H2,1-2H3. The molecule has 0 bridgehead atoms. The van der Waals surface area contributed by atoms with Crippen molar-refractivity contribution in [1.29, 1.82) is 0 Å². The van der Waals surface area contributed by atoms with E-state index in [0.717, 1.165) is 6.54 Å². The lowest BCUT2D eigenvalue weighted by Crippen LogP contribution is -2.32. The highest BCUT2D eigenvalue weighted by Gasteiger charge is 2.14. The van der Waals surface area contributed by atoms with Crippen molar-refractivity contribution in [3.8, 4) is 0 Å². The number of hydrogen-bond acceptors (Lipinski definition) is 1. The van der Waals surface area contributed by atoms with Crippen LogP contribution in [0.4, 0.5) is 5.69 Å². The second-order valence-electron chi connectivity index (χ2n) is 6.50. The smallest absolute Gasteiger partial charge is 0.0432 e. The summed E-state index contributed by atoms with van der Waals surface area (Å²) in [5.74, 6) is 0. The molecule has 1 atom stereocenters. The van der Waals surface area contributed by atoms with Crippen molar-refractivity contribution in [1.82, 2.24) is 0 Å². The summed E-state index contributed by atoms with van der Waals surface area (Å²) in [5, 5.41) is 0. The second kappa shape index (κ2) is 10.1. The van der Waals surface area contributed by atoms with Gasteiger partial charge in [-0.25, -0.2) is 0 Å². The maximum absolute atomic E-state index is 2.55. The number of para-hydroxylation sites is 1. The van der Waals surface area contributed by atoms with Crippen LogP contribution in [0.15, 0.2) is 60.7 Å². The molecule has 0 N–H and O–H groups in total. The molecule has 0 fully saturated rings. The van der Waals surface area contributed by atoms with Crippen molar-refractivity contribution in [2.45, 2.75) is 65.0 Å². The minimum atomic E-state index is 0.569. The average Bonchev–Trinajstić information content (AvgIpc) is 2.61. The fraction of sp³-hybridized carbons (Fsp3) is 0.455. The summed E-state index contributed by atoms with van der Waals surface area (Å²) in [5.41, 5.74) is 2.71. The minimum Gasteiger partial charge on any atom is -0.364 e. The van der Waals surface area contributed by atoms with Gasteiger partial charge in [-0.1, -0.05) is 87.6 Å². The zero-order valence-corrected chi connectivity index (χ0v) is 14.7. The summed E-state index contributed by atoms with van der Waals surface area (Å²) in [6, 6.07) is 22.2. The molecular formula is C22H31N. The van der Waals surface area contributed by atoms with Crippen molar-refractivity contribution >= 4 is 5.69 Å². The monoisotopic (exact) mass is 309 g/mol. The van der Waals surface area contributed by atoms with Crippen molar-refractivity contribution in [3.63, 3.8) is 0 Å². The number of rotatable bonds is 10. The minimum absolute atomic E-state index is 0.569. The van der Waals surface area contributed by atoms with Gasteiger partial charge in [0.2, 0.25) is 0 Å². The van der Waals surface area contributed by atoms with Gasteiger partial charge in [0.1, 0.15) is 0 Å². The third-order valence-electron chi connectivity index (χ3n) is 4.54. The molecule has 0 saturated carbocycles. The zero-order chi connectivity index (χ0) is 16.3. The number of hydrogen-bond donors (Lipinski definition) is 0. The summed E-state index contributed by atoms with van der Waals surface area (Å²) in [6.07, 6.45) is 8.05. The Morgan fingerprint density at radius 1 is 0.783 bits per heavy atom.